The standard InChI is InChI=1S/C10H13NO2/c1-12-7-2-3-10-8(6-7)9(11)4-5-13-10/h2-3,6,9H,4-5,11H2,1H3/t9-/m1/s1. The molecule has 3 heteroatoms. The first kappa shape index (κ1) is 8.38. The molecule has 0 amide bonds. The van der Waals surface area contributed by atoms with E-state index in [2.05, 4.69) is 0 Å². The van der Waals surface area contributed by atoms with Crippen LogP contribution in [0, 0.1) is 0 Å². The highest BCUT2D eigenvalue weighted by molar-refractivity contribution is 5.43. The van der Waals surface area contributed by atoms with Crippen molar-refractivity contribution in [2.24, 2.45) is 5.73 Å². The summed E-state index contributed by atoms with van der Waals surface area (Å²) in [7, 11) is 1.65. The van der Waals surface area contributed by atoms with E-state index in [0.717, 1.165) is 23.5 Å². The third kappa shape index (κ3) is 1.47. The lowest BCUT2D eigenvalue weighted by molar-refractivity contribution is 0.268. The number of fused-ring (bicyclic) bond motifs is 1. The maximum atomic E-state index is 5.93. The minimum absolute atomic E-state index is 0.0823. The van der Waals surface area contributed by atoms with E-state index in [4.69, 9.17) is 15.2 Å². The Morgan fingerprint density at radius 3 is 3.15 bits per heavy atom. The zero-order chi connectivity index (χ0) is 9.26. The first-order valence-electron chi connectivity index (χ1n) is 4.37. The lowest BCUT2D eigenvalue weighted by atomic mass is 10.0. The van der Waals surface area contributed by atoms with Gasteiger partial charge in [0.1, 0.15) is 11.5 Å². The van der Waals surface area contributed by atoms with E-state index in [-0.39, 0.29) is 6.04 Å². The molecule has 1 atom stereocenters. The van der Waals surface area contributed by atoms with Gasteiger partial charge in [0.2, 0.25) is 0 Å². The van der Waals surface area contributed by atoms with Crippen molar-refractivity contribution in [2.45, 2.75) is 12.5 Å². The summed E-state index contributed by atoms with van der Waals surface area (Å²) >= 11 is 0. The van der Waals surface area contributed by atoms with Gasteiger partial charge in [0.25, 0.3) is 0 Å². The molecule has 0 saturated carbocycles. The Hall–Kier alpha value is -1.22. The summed E-state index contributed by atoms with van der Waals surface area (Å²) in [6.45, 7) is 0.709. The third-order valence-electron chi connectivity index (χ3n) is 2.30. The molecule has 0 bridgehead atoms. The molecule has 70 valence electrons. The molecule has 0 unspecified atom stereocenters. The first-order chi connectivity index (χ1) is 6.31. The molecule has 1 aliphatic rings. The smallest absolute Gasteiger partial charge is 0.124 e. The van der Waals surface area contributed by atoms with Gasteiger partial charge in [-0.05, 0) is 18.2 Å². The van der Waals surface area contributed by atoms with Crippen molar-refractivity contribution in [3.8, 4) is 11.5 Å². The molecule has 2 rings (SSSR count). The number of ether oxygens (including phenoxy) is 2. The predicted octanol–water partition coefficient (Wildman–Crippen LogP) is 1.48. The summed E-state index contributed by atoms with van der Waals surface area (Å²) in [5.41, 5.74) is 6.98. The largest absolute Gasteiger partial charge is 0.497 e. The van der Waals surface area contributed by atoms with Crippen molar-refractivity contribution in [3.05, 3.63) is 23.8 Å². The van der Waals surface area contributed by atoms with Gasteiger partial charge in [-0.3, -0.25) is 0 Å². The van der Waals surface area contributed by atoms with Crippen LogP contribution in [0.5, 0.6) is 11.5 Å². The van der Waals surface area contributed by atoms with Crippen molar-refractivity contribution in [1.82, 2.24) is 0 Å². The van der Waals surface area contributed by atoms with Gasteiger partial charge in [-0.25, -0.2) is 0 Å². The highest BCUT2D eigenvalue weighted by Crippen LogP contribution is 2.33. The predicted molar refractivity (Wildman–Crippen MR) is 50.0 cm³/mol. The van der Waals surface area contributed by atoms with Crippen LogP contribution in [0.25, 0.3) is 0 Å². The first-order valence-corrected chi connectivity index (χ1v) is 4.37. The van der Waals surface area contributed by atoms with Gasteiger partial charge >= 0.3 is 0 Å². The normalized spacial score (nSPS) is 20.3. The molecule has 0 saturated heterocycles. The molecule has 0 aromatic heterocycles. The second kappa shape index (κ2) is 3.26. The van der Waals surface area contributed by atoms with Gasteiger partial charge in [-0.2, -0.15) is 0 Å². The van der Waals surface area contributed by atoms with Gasteiger partial charge in [0.15, 0.2) is 0 Å². The number of benzene rings is 1. The average molecular weight is 179 g/mol. The minimum atomic E-state index is 0.0823. The zero-order valence-electron chi connectivity index (χ0n) is 7.62. The van der Waals surface area contributed by atoms with E-state index in [1.807, 2.05) is 18.2 Å². The molecule has 2 N–H and O–H groups in total. The topological polar surface area (TPSA) is 44.5 Å². The van der Waals surface area contributed by atoms with E-state index in [1.165, 1.54) is 0 Å². The maximum absolute atomic E-state index is 5.93. The Morgan fingerprint density at radius 2 is 2.38 bits per heavy atom. The Balaban J connectivity index is 2.41. The van der Waals surface area contributed by atoms with E-state index in [1.54, 1.807) is 7.11 Å². The van der Waals surface area contributed by atoms with Crippen LogP contribution in [0.1, 0.15) is 18.0 Å². The van der Waals surface area contributed by atoms with Crippen molar-refractivity contribution < 1.29 is 9.47 Å². The van der Waals surface area contributed by atoms with Crippen LogP contribution in [0.3, 0.4) is 0 Å². The maximum Gasteiger partial charge on any atom is 0.124 e. The summed E-state index contributed by atoms with van der Waals surface area (Å²) < 4.78 is 10.6. The fourth-order valence-electron chi connectivity index (χ4n) is 1.53. The summed E-state index contributed by atoms with van der Waals surface area (Å²) in [4.78, 5) is 0. The molecule has 0 aliphatic carbocycles. The zero-order valence-corrected chi connectivity index (χ0v) is 7.62. The van der Waals surface area contributed by atoms with E-state index >= 15 is 0 Å². The molecule has 1 aromatic rings. The molecule has 1 heterocycles. The molecular formula is C10H13NO2. The van der Waals surface area contributed by atoms with Gasteiger partial charge < -0.3 is 15.2 Å². The third-order valence-corrected chi connectivity index (χ3v) is 2.30. The molecule has 0 spiro atoms. The summed E-state index contributed by atoms with van der Waals surface area (Å²) in [5, 5.41) is 0. The van der Waals surface area contributed by atoms with E-state index in [9.17, 15) is 0 Å². The second-order valence-electron chi connectivity index (χ2n) is 3.15. The summed E-state index contributed by atoms with van der Waals surface area (Å²) in [5.74, 6) is 1.72. The fraction of sp³-hybridized carbons (Fsp3) is 0.400. The van der Waals surface area contributed by atoms with E-state index < -0.39 is 0 Å². The molecular weight excluding hydrogens is 166 g/mol. The SMILES string of the molecule is COc1ccc2c(c1)[C@H](N)CCO2. The van der Waals surface area contributed by atoms with Crippen LogP contribution >= 0.6 is 0 Å². The van der Waals surface area contributed by atoms with Gasteiger partial charge in [-0.15, -0.1) is 0 Å². The van der Waals surface area contributed by atoms with Crippen LogP contribution in [0.15, 0.2) is 18.2 Å². The minimum Gasteiger partial charge on any atom is -0.497 e. The Morgan fingerprint density at radius 1 is 1.54 bits per heavy atom. The van der Waals surface area contributed by atoms with Gasteiger partial charge in [0, 0.05) is 18.0 Å². The molecule has 1 aromatic carbocycles. The highest BCUT2D eigenvalue weighted by Gasteiger charge is 2.18. The van der Waals surface area contributed by atoms with E-state index in [0.29, 0.717) is 6.61 Å². The monoisotopic (exact) mass is 179 g/mol. The van der Waals surface area contributed by atoms with Crippen LogP contribution in [0.2, 0.25) is 0 Å². The number of nitrogens with two attached hydrogens (primary N) is 1. The summed E-state index contributed by atoms with van der Waals surface area (Å²) in [6.07, 6.45) is 0.875. The van der Waals surface area contributed by atoms with Gasteiger partial charge in [0.05, 0.1) is 13.7 Å². The molecule has 1 aliphatic heterocycles. The fourth-order valence-corrected chi connectivity index (χ4v) is 1.53. The lowest BCUT2D eigenvalue weighted by Gasteiger charge is -2.23. The Labute approximate surface area is 77.5 Å². The van der Waals surface area contributed by atoms with Crippen LogP contribution in [-0.4, -0.2) is 13.7 Å². The number of rotatable bonds is 1. The number of hydrogen-bond donors (Lipinski definition) is 1. The van der Waals surface area contributed by atoms with Crippen LogP contribution in [-0.2, 0) is 0 Å². The van der Waals surface area contributed by atoms with Crippen molar-refractivity contribution in [2.75, 3.05) is 13.7 Å². The molecule has 0 fully saturated rings. The molecule has 0 radical (unpaired) electrons. The quantitative estimate of drug-likeness (QED) is 0.710. The van der Waals surface area contributed by atoms with Crippen LogP contribution < -0.4 is 15.2 Å². The number of methoxy groups -OCH3 is 1. The summed E-state index contributed by atoms with van der Waals surface area (Å²) in [6, 6.07) is 5.82. The molecule has 13 heavy (non-hydrogen) atoms. The number of hydrogen-bond acceptors (Lipinski definition) is 3. The van der Waals surface area contributed by atoms with Crippen molar-refractivity contribution in [1.29, 1.82) is 0 Å². The van der Waals surface area contributed by atoms with Crippen molar-refractivity contribution in [3.63, 3.8) is 0 Å². The Kier molecular flexibility index (Phi) is 2.10. The van der Waals surface area contributed by atoms with Crippen molar-refractivity contribution >= 4 is 0 Å². The average Bonchev–Trinajstić information content (AvgIpc) is 2.18. The highest BCUT2D eigenvalue weighted by atomic mass is 16.5. The second-order valence-corrected chi connectivity index (χ2v) is 3.15. The Bertz CT molecular complexity index is 312. The van der Waals surface area contributed by atoms with Crippen LogP contribution in [0.4, 0.5) is 0 Å². The molecule has 3 nitrogen and oxygen atoms in total. The van der Waals surface area contributed by atoms with Gasteiger partial charge in [-0.1, -0.05) is 0 Å². The lowest BCUT2D eigenvalue weighted by Crippen LogP contribution is -2.20.